The van der Waals surface area contributed by atoms with Gasteiger partial charge in [0.05, 0.1) is 22.6 Å². The molecule has 4 heteroatoms. The van der Waals surface area contributed by atoms with Crippen LogP contribution in [0, 0.1) is 25.2 Å². The maximum absolute atomic E-state index is 9.00. The van der Waals surface area contributed by atoms with Gasteiger partial charge in [-0.25, -0.2) is 4.68 Å². The van der Waals surface area contributed by atoms with Crippen LogP contribution >= 0.6 is 15.9 Å². The Balaban J connectivity index is 2.62. The summed E-state index contributed by atoms with van der Waals surface area (Å²) in [4.78, 5) is 0. The van der Waals surface area contributed by atoms with Crippen LogP contribution in [0.3, 0.4) is 0 Å². The summed E-state index contributed by atoms with van der Waals surface area (Å²) in [5, 5.41) is 13.4. The molecule has 0 saturated carbocycles. The molecule has 2 rings (SSSR count). The minimum atomic E-state index is 0.653. The smallest absolute Gasteiger partial charge is 0.103 e. The third-order valence-electron chi connectivity index (χ3n) is 2.46. The zero-order valence-corrected chi connectivity index (χ0v) is 10.6. The van der Waals surface area contributed by atoms with Crippen molar-refractivity contribution in [3.8, 4) is 11.8 Å². The van der Waals surface area contributed by atoms with Gasteiger partial charge in [0.15, 0.2) is 0 Å². The van der Waals surface area contributed by atoms with E-state index in [1.54, 1.807) is 4.68 Å². The van der Waals surface area contributed by atoms with Crippen molar-refractivity contribution in [2.75, 3.05) is 0 Å². The minimum absolute atomic E-state index is 0.653. The molecule has 0 atom stereocenters. The first-order valence-corrected chi connectivity index (χ1v) is 5.65. The fourth-order valence-corrected chi connectivity index (χ4v) is 2.05. The maximum Gasteiger partial charge on any atom is 0.103 e. The van der Waals surface area contributed by atoms with Crippen LogP contribution in [-0.2, 0) is 0 Å². The number of nitriles is 1. The first-order valence-electron chi connectivity index (χ1n) is 4.85. The van der Waals surface area contributed by atoms with Crippen molar-refractivity contribution < 1.29 is 0 Å². The second-order valence-corrected chi connectivity index (χ2v) is 4.46. The quantitative estimate of drug-likeness (QED) is 0.803. The maximum atomic E-state index is 9.00. The van der Waals surface area contributed by atoms with Crippen molar-refractivity contribution in [2.45, 2.75) is 13.8 Å². The van der Waals surface area contributed by atoms with E-state index in [2.05, 4.69) is 27.1 Å². The lowest BCUT2D eigenvalue weighted by molar-refractivity contribution is 0.833. The summed E-state index contributed by atoms with van der Waals surface area (Å²) < 4.78 is 2.79. The average Bonchev–Trinajstić information content (AvgIpc) is 2.54. The lowest BCUT2D eigenvalue weighted by Crippen LogP contribution is -1.98. The Morgan fingerprint density at radius 2 is 2.12 bits per heavy atom. The molecule has 0 radical (unpaired) electrons. The van der Waals surface area contributed by atoms with Gasteiger partial charge in [-0.3, -0.25) is 0 Å². The Bertz CT molecular complexity index is 578. The predicted octanol–water partition coefficient (Wildman–Crippen LogP) is 3.12. The van der Waals surface area contributed by atoms with Crippen molar-refractivity contribution >= 4 is 15.9 Å². The van der Waals surface area contributed by atoms with Crippen LogP contribution in [0.25, 0.3) is 5.69 Å². The zero-order valence-electron chi connectivity index (χ0n) is 9.03. The Labute approximate surface area is 102 Å². The second-order valence-electron chi connectivity index (χ2n) is 3.55. The third kappa shape index (κ3) is 1.74. The number of halogens is 1. The molecule has 0 unspecified atom stereocenters. The third-order valence-corrected chi connectivity index (χ3v) is 2.95. The highest BCUT2D eigenvalue weighted by Crippen LogP contribution is 2.19. The number of hydrogen-bond donors (Lipinski definition) is 0. The van der Waals surface area contributed by atoms with Gasteiger partial charge >= 0.3 is 0 Å². The molecular formula is C12H10BrN3. The number of benzene rings is 1. The van der Waals surface area contributed by atoms with Crippen LogP contribution in [0.2, 0.25) is 0 Å². The topological polar surface area (TPSA) is 41.6 Å². The van der Waals surface area contributed by atoms with Crippen molar-refractivity contribution in [2.24, 2.45) is 0 Å². The number of aromatic nitrogens is 2. The van der Waals surface area contributed by atoms with Gasteiger partial charge in [-0.1, -0.05) is 22.0 Å². The molecule has 1 aromatic heterocycles. The van der Waals surface area contributed by atoms with Crippen LogP contribution in [0.4, 0.5) is 0 Å². The van der Waals surface area contributed by atoms with E-state index in [-0.39, 0.29) is 0 Å². The lowest BCUT2D eigenvalue weighted by Gasteiger charge is -2.04. The fraction of sp³-hybridized carbons (Fsp3) is 0.167. The molecule has 0 bridgehead atoms. The van der Waals surface area contributed by atoms with E-state index in [0.29, 0.717) is 5.56 Å². The monoisotopic (exact) mass is 275 g/mol. The fourth-order valence-electron chi connectivity index (χ4n) is 1.66. The highest BCUT2D eigenvalue weighted by Gasteiger charge is 2.11. The molecule has 0 amide bonds. The van der Waals surface area contributed by atoms with E-state index in [1.165, 1.54) is 0 Å². The molecular weight excluding hydrogens is 266 g/mol. The number of nitrogens with zero attached hydrogens (tertiary/aromatic N) is 3. The van der Waals surface area contributed by atoms with Crippen molar-refractivity contribution in [1.82, 2.24) is 9.78 Å². The number of rotatable bonds is 1. The first-order chi connectivity index (χ1) is 7.63. The van der Waals surface area contributed by atoms with Gasteiger partial charge in [-0.15, -0.1) is 0 Å². The van der Waals surface area contributed by atoms with Crippen LogP contribution in [0.15, 0.2) is 28.7 Å². The van der Waals surface area contributed by atoms with E-state index in [4.69, 9.17) is 5.26 Å². The average molecular weight is 276 g/mol. The Hall–Kier alpha value is -1.60. The van der Waals surface area contributed by atoms with E-state index >= 15 is 0 Å². The van der Waals surface area contributed by atoms with Gasteiger partial charge in [0.1, 0.15) is 6.07 Å². The summed E-state index contributed by atoms with van der Waals surface area (Å²) in [5.41, 5.74) is 3.24. The standard InChI is InChI=1S/C12H10BrN3/c1-8-12(7-14)9(2)16(15-8)11-5-3-4-10(13)6-11/h3-6H,1-2H3. The number of hydrogen-bond acceptors (Lipinski definition) is 2. The van der Waals surface area contributed by atoms with E-state index in [9.17, 15) is 0 Å². The first kappa shape index (κ1) is 10.9. The largest absolute Gasteiger partial charge is 0.236 e. The highest BCUT2D eigenvalue weighted by atomic mass is 79.9. The molecule has 0 aliphatic carbocycles. The van der Waals surface area contributed by atoms with Gasteiger partial charge in [0.2, 0.25) is 0 Å². The molecule has 16 heavy (non-hydrogen) atoms. The summed E-state index contributed by atoms with van der Waals surface area (Å²) >= 11 is 3.42. The molecule has 0 fully saturated rings. The van der Waals surface area contributed by atoms with Crippen LogP contribution in [0.5, 0.6) is 0 Å². The molecule has 2 aromatic rings. The van der Waals surface area contributed by atoms with E-state index in [1.807, 2.05) is 38.1 Å². The lowest BCUT2D eigenvalue weighted by atomic mass is 10.2. The van der Waals surface area contributed by atoms with Crippen LogP contribution in [-0.4, -0.2) is 9.78 Å². The van der Waals surface area contributed by atoms with E-state index < -0.39 is 0 Å². The molecule has 0 N–H and O–H groups in total. The summed E-state index contributed by atoms with van der Waals surface area (Å²) in [6.07, 6.45) is 0. The molecule has 3 nitrogen and oxygen atoms in total. The van der Waals surface area contributed by atoms with Crippen LogP contribution < -0.4 is 0 Å². The molecule has 0 aliphatic heterocycles. The summed E-state index contributed by atoms with van der Waals surface area (Å²) in [6.45, 7) is 3.75. The minimum Gasteiger partial charge on any atom is -0.236 e. The SMILES string of the molecule is Cc1nn(-c2cccc(Br)c2)c(C)c1C#N. The molecule has 80 valence electrons. The molecule has 0 aliphatic rings. The van der Waals surface area contributed by atoms with Gasteiger partial charge < -0.3 is 0 Å². The van der Waals surface area contributed by atoms with Gasteiger partial charge in [0, 0.05) is 4.47 Å². The highest BCUT2D eigenvalue weighted by molar-refractivity contribution is 9.10. The van der Waals surface area contributed by atoms with Crippen molar-refractivity contribution in [3.63, 3.8) is 0 Å². The summed E-state index contributed by atoms with van der Waals surface area (Å²) in [7, 11) is 0. The predicted molar refractivity (Wildman–Crippen MR) is 65.5 cm³/mol. The summed E-state index contributed by atoms with van der Waals surface area (Å²) in [5.74, 6) is 0. The molecule has 1 heterocycles. The van der Waals surface area contributed by atoms with Gasteiger partial charge in [-0.05, 0) is 32.0 Å². The molecule has 1 aromatic carbocycles. The number of aryl methyl sites for hydroxylation is 1. The zero-order chi connectivity index (χ0) is 11.7. The van der Waals surface area contributed by atoms with Crippen molar-refractivity contribution in [3.05, 3.63) is 45.7 Å². The van der Waals surface area contributed by atoms with Gasteiger partial charge in [-0.2, -0.15) is 10.4 Å². The van der Waals surface area contributed by atoms with E-state index in [0.717, 1.165) is 21.5 Å². The Morgan fingerprint density at radius 3 is 2.69 bits per heavy atom. The summed E-state index contributed by atoms with van der Waals surface area (Å²) in [6, 6.07) is 10.0. The molecule has 0 spiro atoms. The van der Waals surface area contributed by atoms with Gasteiger partial charge in [0.25, 0.3) is 0 Å². The van der Waals surface area contributed by atoms with Crippen LogP contribution in [0.1, 0.15) is 17.0 Å². The Kier molecular flexibility index (Phi) is 2.80. The second kappa shape index (κ2) is 4.11. The molecule has 0 saturated heterocycles. The Morgan fingerprint density at radius 1 is 1.38 bits per heavy atom. The normalized spacial score (nSPS) is 10.1. The van der Waals surface area contributed by atoms with Crippen molar-refractivity contribution in [1.29, 1.82) is 5.26 Å².